The Morgan fingerprint density at radius 2 is 2.04 bits per heavy atom. The minimum atomic E-state index is -0.620. The molecule has 2 aromatic carbocycles. The van der Waals surface area contributed by atoms with Crippen molar-refractivity contribution >= 4 is 34.2 Å². The van der Waals surface area contributed by atoms with Crippen LogP contribution in [0.15, 0.2) is 40.8 Å². The summed E-state index contributed by atoms with van der Waals surface area (Å²) in [6.45, 7) is 3.70. The number of carbonyl (C=O) groups excluding carboxylic acids is 1. The highest BCUT2D eigenvalue weighted by atomic mass is 35.5. The van der Waals surface area contributed by atoms with Crippen molar-refractivity contribution in [1.29, 1.82) is 0 Å². The lowest BCUT2D eigenvalue weighted by molar-refractivity contribution is 0.102. The standard InChI is InChI=1S/C20H20ClNO4/c1-4-15(23)17-11(2)26-19-12(17)7-5-9-14(19)22-20(24)18-13(21)8-6-10-16(18)25-3/h5-10,15,23H,4H2,1-3H3,(H,22,24). The molecule has 1 aromatic heterocycles. The fourth-order valence-corrected chi connectivity index (χ4v) is 3.30. The van der Waals surface area contributed by atoms with Crippen LogP contribution < -0.4 is 10.1 Å². The molecule has 3 rings (SSSR count). The highest BCUT2D eigenvalue weighted by Crippen LogP contribution is 2.36. The Morgan fingerprint density at radius 1 is 1.31 bits per heavy atom. The minimum Gasteiger partial charge on any atom is -0.496 e. The molecule has 0 spiro atoms. The number of aryl methyl sites for hydroxylation is 1. The van der Waals surface area contributed by atoms with E-state index >= 15 is 0 Å². The number of fused-ring (bicyclic) bond motifs is 1. The number of anilines is 1. The number of hydrogen-bond donors (Lipinski definition) is 2. The van der Waals surface area contributed by atoms with E-state index in [9.17, 15) is 9.90 Å². The third-order valence-corrected chi connectivity index (χ3v) is 4.65. The molecule has 6 heteroatoms. The number of nitrogens with one attached hydrogen (secondary N) is 1. The van der Waals surface area contributed by atoms with E-state index in [-0.39, 0.29) is 5.56 Å². The monoisotopic (exact) mass is 373 g/mol. The number of furan rings is 1. The molecule has 0 aliphatic heterocycles. The molecule has 0 saturated heterocycles. The van der Waals surface area contributed by atoms with Gasteiger partial charge < -0.3 is 19.6 Å². The predicted octanol–water partition coefficient (Wildman–Crippen LogP) is 5.10. The number of ether oxygens (including phenoxy) is 1. The molecule has 0 bridgehead atoms. The van der Waals surface area contributed by atoms with Crippen LogP contribution in [0.1, 0.15) is 41.1 Å². The SMILES string of the molecule is CCC(O)c1c(C)oc2c(NC(=O)c3c(Cl)cccc3OC)cccc12. The lowest BCUT2D eigenvalue weighted by atomic mass is 10.0. The summed E-state index contributed by atoms with van der Waals surface area (Å²) in [7, 11) is 1.48. The summed E-state index contributed by atoms with van der Waals surface area (Å²) in [5, 5.41) is 14.2. The summed E-state index contributed by atoms with van der Waals surface area (Å²) < 4.78 is 11.1. The maximum absolute atomic E-state index is 12.8. The van der Waals surface area contributed by atoms with Crippen LogP contribution >= 0.6 is 11.6 Å². The van der Waals surface area contributed by atoms with Gasteiger partial charge in [-0.2, -0.15) is 0 Å². The molecule has 5 nitrogen and oxygen atoms in total. The highest BCUT2D eigenvalue weighted by molar-refractivity contribution is 6.35. The molecule has 136 valence electrons. The van der Waals surface area contributed by atoms with Gasteiger partial charge in [0.2, 0.25) is 0 Å². The fourth-order valence-electron chi connectivity index (χ4n) is 3.05. The van der Waals surface area contributed by atoms with Crippen LogP contribution in [0.4, 0.5) is 5.69 Å². The molecule has 1 atom stereocenters. The van der Waals surface area contributed by atoms with E-state index < -0.39 is 12.0 Å². The summed E-state index contributed by atoms with van der Waals surface area (Å²) in [5.41, 5.74) is 2.03. The number of carbonyl (C=O) groups is 1. The van der Waals surface area contributed by atoms with Gasteiger partial charge in [0.25, 0.3) is 5.91 Å². The summed E-state index contributed by atoms with van der Waals surface area (Å²) in [5.74, 6) is 0.623. The Bertz CT molecular complexity index is 964. The van der Waals surface area contributed by atoms with Gasteiger partial charge in [-0.1, -0.05) is 36.7 Å². The second kappa shape index (κ2) is 7.40. The number of rotatable bonds is 5. The average Bonchev–Trinajstić information content (AvgIpc) is 2.97. The molecule has 0 aliphatic carbocycles. The molecular weight excluding hydrogens is 354 g/mol. The van der Waals surface area contributed by atoms with Crippen molar-refractivity contribution in [2.24, 2.45) is 0 Å². The Kier molecular flexibility index (Phi) is 5.20. The lowest BCUT2D eigenvalue weighted by Crippen LogP contribution is -2.14. The Balaban J connectivity index is 2.04. The van der Waals surface area contributed by atoms with E-state index in [1.165, 1.54) is 7.11 Å². The first-order valence-corrected chi connectivity index (χ1v) is 8.69. The molecule has 1 unspecified atom stereocenters. The highest BCUT2D eigenvalue weighted by Gasteiger charge is 2.22. The zero-order valence-electron chi connectivity index (χ0n) is 14.8. The molecule has 2 N–H and O–H groups in total. The molecule has 1 amide bonds. The Labute approximate surface area is 156 Å². The van der Waals surface area contributed by atoms with Crippen molar-refractivity contribution in [2.75, 3.05) is 12.4 Å². The Morgan fingerprint density at radius 3 is 2.73 bits per heavy atom. The van der Waals surface area contributed by atoms with Gasteiger partial charge in [-0.25, -0.2) is 0 Å². The minimum absolute atomic E-state index is 0.255. The van der Waals surface area contributed by atoms with Crippen molar-refractivity contribution in [3.63, 3.8) is 0 Å². The van der Waals surface area contributed by atoms with E-state index in [0.29, 0.717) is 34.2 Å². The largest absolute Gasteiger partial charge is 0.496 e. The Hall–Kier alpha value is -2.50. The molecule has 0 aliphatic rings. The van der Waals surface area contributed by atoms with E-state index in [4.69, 9.17) is 20.8 Å². The van der Waals surface area contributed by atoms with Crippen molar-refractivity contribution in [3.05, 3.63) is 58.3 Å². The van der Waals surface area contributed by atoms with Gasteiger partial charge in [-0.05, 0) is 31.5 Å². The first-order valence-electron chi connectivity index (χ1n) is 8.31. The molecule has 26 heavy (non-hydrogen) atoms. The van der Waals surface area contributed by atoms with Crippen LogP contribution in [-0.2, 0) is 0 Å². The zero-order chi connectivity index (χ0) is 18.8. The van der Waals surface area contributed by atoms with Crippen molar-refractivity contribution in [3.8, 4) is 5.75 Å². The normalized spacial score (nSPS) is 12.2. The van der Waals surface area contributed by atoms with Crippen LogP contribution in [-0.4, -0.2) is 18.1 Å². The average molecular weight is 374 g/mol. The number of halogens is 1. The second-order valence-electron chi connectivity index (χ2n) is 5.95. The van der Waals surface area contributed by atoms with Gasteiger partial charge in [0.05, 0.1) is 23.9 Å². The topological polar surface area (TPSA) is 71.7 Å². The first-order chi connectivity index (χ1) is 12.5. The van der Waals surface area contributed by atoms with Gasteiger partial charge in [0, 0.05) is 10.9 Å². The van der Waals surface area contributed by atoms with Crippen LogP contribution in [0.25, 0.3) is 11.0 Å². The summed E-state index contributed by atoms with van der Waals surface area (Å²) >= 11 is 6.18. The predicted molar refractivity (Wildman–Crippen MR) is 102 cm³/mol. The number of para-hydroxylation sites is 1. The van der Waals surface area contributed by atoms with Crippen LogP contribution in [0.5, 0.6) is 5.75 Å². The molecule has 0 radical (unpaired) electrons. The maximum Gasteiger partial charge on any atom is 0.261 e. The lowest BCUT2D eigenvalue weighted by Gasteiger charge is -2.11. The third kappa shape index (κ3) is 3.16. The second-order valence-corrected chi connectivity index (χ2v) is 6.36. The van der Waals surface area contributed by atoms with E-state index in [1.54, 1.807) is 31.2 Å². The molecular formula is C20H20ClNO4. The number of aliphatic hydroxyl groups excluding tert-OH is 1. The third-order valence-electron chi connectivity index (χ3n) is 4.33. The van der Waals surface area contributed by atoms with Crippen molar-refractivity contribution in [1.82, 2.24) is 0 Å². The smallest absolute Gasteiger partial charge is 0.261 e. The van der Waals surface area contributed by atoms with Gasteiger partial charge in [0.15, 0.2) is 5.58 Å². The molecule has 0 fully saturated rings. The number of aliphatic hydroxyl groups is 1. The maximum atomic E-state index is 12.8. The van der Waals surface area contributed by atoms with Gasteiger partial charge in [-0.3, -0.25) is 4.79 Å². The van der Waals surface area contributed by atoms with Crippen LogP contribution in [0.3, 0.4) is 0 Å². The molecule has 1 heterocycles. The zero-order valence-corrected chi connectivity index (χ0v) is 15.6. The van der Waals surface area contributed by atoms with E-state index in [2.05, 4.69) is 5.32 Å². The van der Waals surface area contributed by atoms with Gasteiger partial charge in [0.1, 0.15) is 17.1 Å². The van der Waals surface area contributed by atoms with E-state index in [0.717, 1.165) is 10.9 Å². The van der Waals surface area contributed by atoms with Crippen LogP contribution in [0.2, 0.25) is 5.02 Å². The number of methoxy groups -OCH3 is 1. The molecule has 0 saturated carbocycles. The molecule has 3 aromatic rings. The first kappa shape index (κ1) is 18.3. The summed E-state index contributed by atoms with van der Waals surface area (Å²) in [6.07, 6.45) is -0.0473. The number of benzene rings is 2. The summed E-state index contributed by atoms with van der Waals surface area (Å²) in [4.78, 5) is 12.8. The van der Waals surface area contributed by atoms with Gasteiger partial charge in [-0.15, -0.1) is 0 Å². The van der Waals surface area contributed by atoms with E-state index in [1.807, 2.05) is 19.1 Å². The fraction of sp³-hybridized carbons (Fsp3) is 0.250. The quantitative estimate of drug-likeness (QED) is 0.652. The summed E-state index contributed by atoms with van der Waals surface area (Å²) in [6, 6.07) is 10.4. The van der Waals surface area contributed by atoms with Gasteiger partial charge >= 0.3 is 0 Å². The van der Waals surface area contributed by atoms with Crippen molar-refractivity contribution < 1.29 is 19.1 Å². The number of hydrogen-bond acceptors (Lipinski definition) is 4. The number of amides is 1. The van der Waals surface area contributed by atoms with Crippen LogP contribution in [0, 0.1) is 6.92 Å². The van der Waals surface area contributed by atoms with Crippen molar-refractivity contribution in [2.45, 2.75) is 26.4 Å².